The Hall–Kier alpha value is -1.82. The van der Waals surface area contributed by atoms with Crippen LogP contribution in [-0.4, -0.2) is 49.1 Å². The van der Waals surface area contributed by atoms with Gasteiger partial charge < -0.3 is 9.80 Å². The van der Waals surface area contributed by atoms with E-state index in [9.17, 15) is 0 Å². The molecule has 2 nitrogen and oxygen atoms in total. The molecule has 252 valence electrons. The summed E-state index contributed by atoms with van der Waals surface area (Å²) in [6, 6.07) is 44.0. The smallest absolute Gasteiger partial charge is 0.0211 e. The molecule has 10 radical (unpaired) electrons. The standard InChI is InChI=1S/C27H34N2P.C17H14P.Fe/c1-23(28(2)21-22-29-19-10-5-11-20-29)26-17-12-18-27(26)30(24-13-6-3-7-14-24)25-15-8-4-9-16-25;1-3-9-15(10-4-1)18(17-13-7-8-14-17)16-11-5-2-6-12-16;/h3-4,6-9,12-18,23H,5,10-11,19-22H2,1-2H3;1-14H;/t23-;;/m1../s1. The van der Waals surface area contributed by atoms with E-state index in [0.29, 0.717) is 6.04 Å². The van der Waals surface area contributed by atoms with Gasteiger partial charge in [0, 0.05) is 53.4 Å². The first-order valence-corrected chi connectivity index (χ1v) is 20.1. The minimum Gasteiger partial charge on any atom is -0.302 e. The molecule has 0 N–H and O–H groups in total. The van der Waals surface area contributed by atoms with Crippen LogP contribution < -0.4 is 21.2 Å². The Balaban J connectivity index is 0.000000210. The van der Waals surface area contributed by atoms with Gasteiger partial charge in [-0.05, 0) is 122 Å². The van der Waals surface area contributed by atoms with Gasteiger partial charge in [-0.15, -0.1) is 0 Å². The van der Waals surface area contributed by atoms with E-state index in [4.69, 9.17) is 0 Å². The summed E-state index contributed by atoms with van der Waals surface area (Å²) in [5, 5.41) is 5.67. The topological polar surface area (TPSA) is 6.48 Å². The van der Waals surface area contributed by atoms with Crippen molar-refractivity contribution in [1.29, 1.82) is 0 Å². The normalized spacial score (nSPS) is 18.4. The number of likely N-dealkylation sites (N-methyl/N-ethyl adjacent to an activating group) is 1. The van der Waals surface area contributed by atoms with E-state index in [1.807, 2.05) is 0 Å². The maximum absolute atomic E-state index is 2.64. The molecule has 0 bridgehead atoms. The second-order valence-corrected chi connectivity index (χ2v) is 17.0. The maximum atomic E-state index is 2.64. The molecule has 1 saturated heterocycles. The molecule has 1 aliphatic heterocycles. The molecule has 0 aromatic heterocycles. The van der Waals surface area contributed by atoms with Crippen LogP contribution in [0.2, 0.25) is 0 Å². The van der Waals surface area contributed by atoms with E-state index >= 15 is 0 Å². The Morgan fingerprint density at radius 1 is 0.571 bits per heavy atom. The zero-order valence-corrected chi connectivity index (χ0v) is 31.7. The average Bonchev–Trinajstić information content (AvgIpc) is 3.87. The van der Waals surface area contributed by atoms with Crippen molar-refractivity contribution in [2.45, 2.75) is 32.2 Å². The summed E-state index contributed by atoms with van der Waals surface area (Å²) in [7, 11) is 1.34. The van der Waals surface area contributed by atoms with Crippen LogP contribution in [0.15, 0.2) is 121 Å². The third-order valence-electron chi connectivity index (χ3n) is 9.36. The van der Waals surface area contributed by atoms with Gasteiger partial charge in [0.15, 0.2) is 0 Å². The number of piperidine rings is 1. The zero-order valence-electron chi connectivity index (χ0n) is 28.8. The number of benzene rings is 4. The quantitative estimate of drug-likeness (QED) is 0.114. The first-order valence-electron chi connectivity index (χ1n) is 17.4. The van der Waals surface area contributed by atoms with Gasteiger partial charge in [-0.25, -0.2) is 0 Å². The number of likely N-dealkylation sites (tertiary alicyclic amines) is 1. The SMILES string of the molecule is C[C@H]([C]1[CH][CH][CH][C]1P(c1ccccc1)c1ccccc1)N(C)CCN1CCCCC1.[CH]1[CH][CH][C](P(c2ccccc2)c2ccccc2)[CH]1.[Fe]. The fourth-order valence-corrected chi connectivity index (χ4v) is 11.4. The fraction of sp³-hybridized carbons (Fsp3) is 0.227. The molecule has 0 amide bonds. The van der Waals surface area contributed by atoms with Gasteiger partial charge >= 0.3 is 0 Å². The van der Waals surface area contributed by atoms with Gasteiger partial charge in [0.2, 0.25) is 0 Å². The largest absolute Gasteiger partial charge is 0.302 e. The maximum Gasteiger partial charge on any atom is 0.0211 e. The van der Waals surface area contributed by atoms with Crippen LogP contribution in [-0.2, 0) is 17.1 Å². The third-order valence-corrected chi connectivity index (χ3v) is 14.3. The van der Waals surface area contributed by atoms with Gasteiger partial charge in [0.25, 0.3) is 0 Å². The second-order valence-electron chi connectivity index (χ2n) is 12.6. The Labute approximate surface area is 311 Å². The van der Waals surface area contributed by atoms with E-state index < -0.39 is 15.8 Å². The molecule has 4 aromatic carbocycles. The molecule has 2 aliphatic carbocycles. The van der Waals surface area contributed by atoms with Crippen molar-refractivity contribution in [2.24, 2.45) is 0 Å². The Morgan fingerprint density at radius 2 is 1.02 bits per heavy atom. The molecule has 2 saturated carbocycles. The van der Waals surface area contributed by atoms with Gasteiger partial charge in [-0.3, -0.25) is 0 Å². The van der Waals surface area contributed by atoms with Crippen LogP contribution in [0.25, 0.3) is 0 Å². The molecule has 7 rings (SSSR count). The minimum atomic E-state index is -0.545. The van der Waals surface area contributed by atoms with Gasteiger partial charge in [0.05, 0.1) is 0 Å². The summed E-state index contributed by atoms with van der Waals surface area (Å²) >= 11 is 0. The molecule has 1 heterocycles. The third kappa shape index (κ3) is 10.6. The molecule has 3 fully saturated rings. The number of nitrogens with zero attached hydrogens (tertiary/aromatic N) is 2. The van der Waals surface area contributed by atoms with Crippen molar-refractivity contribution >= 4 is 37.1 Å². The van der Waals surface area contributed by atoms with Crippen molar-refractivity contribution in [2.75, 3.05) is 33.2 Å². The van der Waals surface area contributed by atoms with Crippen LogP contribution in [0, 0.1) is 62.2 Å². The van der Waals surface area contributed by atoms with Gasteiger partial charge in [-0.2, -0.15) is 0 Å². The predicted octanol–water partition coefficient (Wildman–Crippen LogP) is 8.14. The van der Waals surface area contributed by atoms with Crippen LogP contribution in [0.5, 0.6) is 0 Å². The van der Waals surface area contributed by atoms with Crippen LogP contribution >= 0.6 is 15.8 Å². The Bertz CT molecular complexity index is 1370. The second kappa shape index (κ2) is 20.3. The molecule has 4 aromatic rings. The molecule has 3 aliphatic rings. The van der Waals surface area contributed by atoms with Gasteiger partial charge in [0.1, 0.15) is 0 Å². The van der Waals surface area contributed by atoms with Crippen LogP contribution in [0.3, 0.4) is 0 Å². The molecule has 49 heavy (non-hydrogen) atoms. The number of rotatable bonds is 11. The van der Waals surface area contributed by atoms with Crippen molar-refractivity contribution in [3.8, 4) is 0 Å². The summed E-state index contributed by atoms with van der Waals surface area (Å²) in [4.78, 5) is 5.18. The monoisotopic (exact) mass is 722 g/mol. The van der Waals surface area contributed by atoms with Crippen LogP contribution in [0.1, 0.15) is 26.2 Å². The number of hydrogen-bond acceptors (Lipinski definition) is 2. The van der Waals surface area contributed by atoms with Crippen molar-refractivity contribution in [3.05, 3.63) is 184 Å². The van der Waals surface area contributed by atoms with E-state index in [0.717, 1.165) is 6.54 Å². The fourth-order valence-electron chi connectivity index (χ4n) is 6.59. The number of hydrogen-bond donors (Lipinski definition) is 0. The first-order chi connectivity index (χ1) is 23.7. The van der Waals surface area contributed by atoms with Crippen molar-refractivity contribution in [1.82, 2.24) is 9.80 Å². The molecular weight excluding hydrogens is 674 g/mol. The molecule has 5 heteroatoms. The summed E-state index contributed by atoms with van der Waals surface area (Å²) in [6.45, 7) is 7.23. The minimum absolute atomic E-state index is 0. The predicted molar refractivity (Wildman–Crippen MR) is 210 cm³/mol. The summed E-state index contributed by atoms with van der Waals surface area (Å²) in [5.74, 6) is 1.48. The van der Waals surface area contributed by atoms with Gasteiger partial charge in [-0.1, -0.05) is 128 Å². The van der Waals surface area contributed by atoms with Crippen molar-refractivity contribution in [3.63, 3.8) is 0 Å². The van der Waals surface area contributed by atoms with Crippen molar-refractivity contribution < 1.29 is 17.1 Å². The van der Waals surface area contributed by atoms with E-state index in [2.05, 4.69) is 190 Å². The van der Waals surface area contributed by atoms with E-state index in [-0.39, 0.29) is 17.1 Å². The first kappa shape index (κ1) is 38.4. The zero-order chi connectivity index (χ0) is 33.0. The van der Waals surface area contributed by atoms with E-state index in [1.165, 1.54) is 77.4 Å². The average molecular weight is 723 g/mol. The van der Waals surface area contributed by atoms with Crippen LogP contribution in [0.4, 0.5) is 0 Å². The summed E-state index contributed by atoms with van der Waals surface area (Å²) in [6.07, 6.45) is 19.8. The molecule has 0 spiro atoms. The summed E-state index contributed by atoms with van der Waals surface area (Å²) in [5.41, 5.74) is 2.92. The van der Waals surface area contributed by atoms with E-state index in [1.54, 1.807) is 0 Å². The Morgan fingerprint density at radius 3 is 1.49 bits per heavy atom. The Kier molecular flexibility index (Phi) is 15.9. The molecule has 0 unspecified atom stereocenters. The molecular formula is C44H48FeN2P2. The summed E-state index contributed by atoms with van der Waals surface area (Å²) < 4.78 is 0. The molecule has 1 atom stereocenters.